The van der Waals surface area contributed by atoms with E-state index in [1.54, 1.807) is 0 Å². The first-order chi connectivity index (χ1) is 17.3. The van der Waals surface area contributed by atoms with Gasteiger partial charge in [-0.1, -0.05) is 30.3 Å². The monoisotopic (exact) mass is 493 g/mol. The predicted octanol–water partition coefficient (Wildman–Crippen LogP) is 3.61. The van der Waals surface area contributed by atoms with E-state index >= 15 is 0 Å². The number of ether oxygens (including phenoxy) is 1. The molecule has 0 saturated carbocycles. The number of aromatic nitrogens is 1. The smallest absolute Gasteiger partial charge is 0.239 e. The summed E-state index contributed by atoms with van der Waals surface area (Å²) in [5, 5.41) is 15.8. The molecule has 1 aromatic heterocycles. The summed E-state index contributed by atoms with van der Waals surface area (Å²) in [5.74, 6) is 0.476. The summed E-state index contributed by atoms with van der Waals surface area (Å²) in [6.45, 7) is 11.4. The summed E-state index contributed by atoms with van der Waals surface area (Å²) < 4.78 is 7.51. The molecule has 0 spiro atoms. The van der Waals surface area contributed by atoms with Gasteiger partial charge in [0.25, 0.3) is 0 Å². The molecule has 1 saturated heterocycles. The maximum Gasteiger partial charge on any atom is 0.239 e. The molecular weight excluding hydrogens is 454 g/mol. The van der Waals surface area contributed by atoms with Crippen LogP contribution in [0.25, 0.3) is 0 Å². The van der Waals surface area contributed by atoms with Gasteiger partial charge in [-0.3, -0.25) is 14.5 Å². The number of nitriles is 1. The molecule has 194 valence electrons. The Hall–Kier alpha value is -3.15. The lowest BCUT2D eigenvalue weighted by atomic mass is 9.96. The summed E-state index contributed by atoms with van der Waals surface area (Å²) in [6, 6.07) is 12.3. The second-order valence-electron chi connectivity index (χ2n) is 9.78. The maximum atomic E-state index is 13.0. The molecule has 2 N–H and O–H groups in total. The van der Waals surface area contributed by atoms with E-state index in [0.717, 1.165) is 36.1 Å². The topological polar surface area (TPSA) is 99.4 Å². The van der Waals surface area contributed by atoms with Crippen LogP contribution in [0.4, 0.5) is 5.82 Å². The highest BCUT2D eigenvalue weighted by Crippen LogP contribution is 2.27. The summed E-state index contributed by atoms with van der Waals surface area (Å²) in [5.41, 5.74) is 3.45. The van der Waals surface area contributed by atoms with Crippen LogP contribution in [0.3, 0.4) is 0 Å². The van der Waals surface area contributed by atoms with Gasteiger partial charge in [0.15, 0.2) is 0 Å². The zero-order valence-corrected chi connectivity index (χ0v) is 22.0. The summed E-state index contributed by atoms with van der Waals surface area (Å²) in [4.78, 5) is 27.5. The van der Waals surface area contributed by atoms with Crippen molar-refractivity contribution in [2.75, 3.05) is 38.1 Å². The minimum atomic E-state index is -0.147. The molecule has 0 radical (unpaired) electrons. The first kappa shape index (κ1) is 27.4. The average Bonchev–Trinajstić information content (AvgIpc) is 3.08. The van der Waals surface area contributed by atoms with Crippen molar-refractivity contribution in [3.63, 3.8) is 0 Å². The molecule has 0 atom stereocenters. The molecule has 0 bridgehead atoms. The van der Waals surface area contributed by atoms with E-state index in [0.29, 0.717) is 44.2 Å². The quantitative estimate of drug-likeness (QED) is 0.466. The van der Waals surface area contributed by atoms with Crippen molar-refractivity contribution in [3.8, 4) is 6.07 Å². The fourth-order valence-corrected chi connectivity index (χ4v) is 4.57. The molecule has 1 aliphatic heterocycles. The number of hydrogen-bond acceptors (Lipinski definition) is 5. The maximum absolute atomic E-state index is 13.0. The van der Waals surface area contributed by atoms with E-state index in [1.807, 2.05) is 62.6 Å². The standard InChI is InChI=1S/C28H39N5O3/c1-20(2)36-16-8-13-30-28(35)24-11-14-32(15-12-24)19-26(34)31-27-25(17-29)21(3)22(4)33(27)18-23-9-6-5-7-10-23/h5-7,9-10,20,24H,8,11-16,18-19H2,1-4H3,(H,30,35)(H,31,34). The Morgan fingerprint density at radius 1 is 1.17 bits per heavy atom. The molecule has 0 unspecified atom stereocenters. The van der Waals surface area contributed by atoms with Crippen LogP contribution in [0.2, 0.25) is 0 Å². The number of amides is 2. The molecule has 2 aromatic rings. The molecule has 1 fully saturated rings. The fourth-order valence-electron chi connectivity index (χ4n) is 4.57. The van der Waals surface area contributed by atoms with E-state index < -0.39 is 0 Å². The van der Waals surface area contributed by atoms with Gasteiger partial charge in [0.2, 0.25) is 11.8 Å². The lowest BCUT2D eigenvalue weighted by Gasteiger charge is -2.30. The minimum Gasteiger partial charge on any atom is -0.379 e. The molecular formula is C28H39N5O3. The Morgan fingerprint density at radius 2 is 1.86 bits per heavy atom. The third kappa shape index (κ3) is 7.42. The van der Waals surface area contributed by atoms with E-state index in [-0.39, 0.29) is 30.4 Å². The van der Waals surface area contributed by atoms with Crippen LogP contribution in [0.5, 0.6) is 0 Å². The van der Waals surface area contributed by atoms with Gasteiger partial charge in [-0.15, -0.1) is 0 Å². The number of nitrogens with one attached hydrogen (secondary N) is 2. The van der Waals surface area contributed by atoms with Crippen LogP contribution >= 0.6 is 0 Å². The third-order valence-corrected chi connectivity index (χ3v) is 6.78. The highest BCUT2D eigenvalue weighted by Gasteiger charge is 2.26. The van der Waals surface area contributed by atoms with Gasteiger partial charge in [-0.05, 0) is 71.2 Å². The van der Waals surface area contributed by atoms with Crippen molar-refractivity contribution in [1.29, 1.82) is 5.26 Å². The fraction of sp³-hybridized carbons (Fsp3) is 0.536. The lowest BCUT2D eigenvalue weighted by molar-refractivity contribution is -0.126. The minimum absolute atomic E-state index is 0.0195. The number of carbonyl (C=O) groups is 2. The van der Waals surface area contributed by atoms with Crippen molar-refractivity contribution in [2.24, 2.45) is 5.92 Å². The van der Waals surface area contributed by atoms with Gasteiger partial charge < -0.3 is 19.9 Å². The van der Waals surface area contributed by atoms with Crippen molar-refractivity contribution >= 4 is 17.6 Å². The predicted molar refractivity (Wildman–Crippen MR) is 141 cm³/mol. The Bertz CT molecular complexity index is 1060. The van der Waals surface area contributed by atoms with E-state index in [2.05, 4.69) is 21.6 Å². The van der Waals surface area contributed by atoms with E-state index in [9.17, 15) is 14.9 Å². The Balaban J connectivity index is 1.52. The van der Waals surface area contributed by atoms with Crippen molar-refractivity contribution in [2.45, 2.75) is 59.6 Å². The Labute approximate surface area is 214 Å². The van der Waals surface area contributed by atoms with Gasteiger partial charge in [0, 0.05) is 31.3 Å². The largest absolute Gasteiger partial charge is 0.379 e. The molecule has 36 heavy (non-hydrogen) atoms. The summed E-state index contributed by atoms with van der Waals surface area (Å²) in [6.07, 6.45) is 2.47. The van der Waals surface area contributed by atoms with Crippen molar-refractivity contribution < 1.29 is 14.3 Å². The van der Waals surface area contributed by atoms with Crippen molar-refractivity contribution in [3.05, 3.63) is 52.7 Å². The number of benzene rings is 1. The Morgan fingerprint density at radius 3 is 2.50 bits per heavy atom. The Kier molecular flexibility index (Phi) is 10.1. The first-order valence-electron chi connectivity index (χ1n) is 12.8. The number of hydrogen-bond donors (Lipinski definition) is 2. The molecule has 2 amide bonds. The molecule has 0 aliphatic carbocycles. The molecule has 8 heteroatoms. The molecule has 3 rings (SSSR count). The van der Waals surface area contributed by atoms with Gasteiger partial charge in [-0.25, -0.2) is 0 Å². The molecule has 1 aromatic carbocycles. The van der Waals surface area contributed by atoms with Crippen LogP contribution in [0.15, 0.2) is 30.3 Å². The van der Waals surface area contributed by atoms with Crippen LogP contribution in [0, 0.1) is 31.1 Å². The number of anilines is 1. The zero-order chi connectivity index (χ0) is 26.1. The molecule has 2 heterocycles. The normalized spacial score (nSPS) is 14.6. The second kappa shape index (κ2) is 13.2. The second-order valence-corrected chi connectivity index (χ2v) is 9.78. The van der Waals surface area contributed by atoms with Crippen LogP contribution < -0.4 is 10.6 Å². The van der Waals surface area contributed by atoms with Crippen LogP contribution in [-0.2, 0) is 20.9 Å². The average molecular weight is 494 g/mol. The van der Waals surface area contributed by atoms with Gasteiger partial charge in [0.1, 0.15) is 11.9 Å². The van der Waals surface area contributed by atoms with E-state index in [4.69, 9.17) is 4.74 Å². The van der Waals surface area contributed by atoms with Crippen LogP contribution in [0.1, 0.15) is 55.5 Å². The van der Waals surface area contributed by atoms with Crippen molar-refractivity contribution in [1.82, 2.24) is 14.8 Å². The highest BCUT2D eigenvalue weighted by molar-refractivity contribution is 5.93. The first-order valence-corrected chi connectivity index (χ1v) is 12.8. The van der Waals surface area contributed by atoms with Gasteiger partial charge in [0.05, 0.1) is 18.2 Å². The van der Waals surface area contributed by atoms with Gasteiger partial charge >= 0.3 is 0 Å². The van der Waals surface area contributed by atoms with Crippen LogP contribution in [-0.4, -0.2) is 60.2 Å². The number of rotatable bonds is 11. The zero-order valence-electron chi connectivity index (χ0n) is 22.0. The number of carbonyl (C=O) groups excluding carboxylic acids is 2. The van der Waals surface area contributed by atoms with E-state index in [1.165, 1.54) is 0 Å². The number of likely N-dealkylation sites (tertiary alicyclic amines) is 1. The summed E-state index contributed by atoms with van der Waals surface area (Å²) >= 11 is 0. The third-order valence-electron chi connectivity index (χ3n) is 6.78. The van der Waals surface area contributed by atoms with Gasteiger partial charge in [-0.2, -0.15) is 5.26 Å². The number of nitrogens with zero attached hydrogens (tertiary/aromatic N) is 3. The number of piperidine rings is 1. The molecule has 8 nitrogen and oxygen atoms in total. The highest BCUT2D eigenvalue weighted by atomic mass is 16.5. The summed E-state index contributed by atoms with van der Waals surface area (Å²) in [7, 11) is 0. The lowest BCUT2D eigenvalue weighted by Crippen LogP contribution is -2.43. The SMILES string of the molecule is Cc1c(C#N)c(NC(=O)CN2CCC(C(=O)NCCCOC(C)C)CC2)n(Cc2ccccc2)c1C. The molecule has 1 aliphatic rings.